The highest BCUT2D eigenvalue weighted by Crippen LogP contribution is 2.42. The van der Waals surface area contributed by atoms with E-state index in [0.29, 0.717) is 42.2 Å². The zero-order valence-corrected chi connectivity index (χ0v) is 18.6. The fourth-order valence-electron chi connectivity index (χ4n) is 2.68. The zero-order chi connectivity index (χ0) is 23.0. The van der Waals surface area contributed by atoms with Gasteiger partial charge in [-0.2, -0.15) is 5.26 Å². The second kappa shape index (κ2) is 11.1. The van der Waals surface area contributed by atoms with Crippen LogP contribution in [0.2, 0.25) is 5.02 Å². The SMILES string of the molecule is C=CCN(CC=C)c1cc(NC(C)=O)c(N=Nc2sc(C=O)c(Cl)c2C#N)cc1OC. The number of thiophene rings is 1. The van der Waals surface area contributed by atoms with Crippen LogP contribution in [0, 0.1) is 11.3 Å². The van der Waals surface area contributed by atoms with Crippen LogP contribution in [0.15, 0.2) is 47.7 Å². The summed E-state index contributed by atoms with van der Waals surface area (Å²) in [5, 5.41) is 20.5. The van der Waals surface area contributed by atoms with Gasteiger partial charge in [-0.05, 0) is 6.07 Å². The van der Waals surface area contributed by atoms with Crippen LogP contribution in [0.4, 0.5) is 22.1 Å². The lowest BCUT2D eigenvalue weighted by Gasteiger charge is -2.25. The molecule has 1 amide bonds. The number of rotatable bonds is 10. The fraction of sp³-hybridized carbons (Fsp3) is 0.190. The Morgan fingerprint density at radius 2 is 2.03 bits per heavy atom. The summed E-state index contributed by atoms with van der Waals surface area (Å²) in [6.07, 6.45) is 4.04. The van der Waals surface area contributed by atoms with Gasteiger partial charge in [0, 0.05) is 26.1 Å². The van der Waals surface area contributed by atoms with Gasteiger partial charge < -0.3 is 15.0 Å². The lowest BCUT2D eigenvalue weighted by Crippen LogP contribution is -2.24. The van der Waals surface area contributed by atoms with Gasteiger partial charge in [-0.25, -0.2) is 0 Å². The number of anilines is 2. The summed E-state index contributed by atoms with van der Waals surface area (Å²) in [5.74, 6) is 0.191. The predicted octanol–water partition coefficient (Wildman–Crippen LogP) is 5.65. The molecule has 0 unspecified atom stereocenters. The van der Waals surface area contributed by atoms with Crippen LogP contribution in [0.5, 0.6) is 5.75 Å². The van der Waals surface area contributed by atoms with E-state index in [0.717, 1.165) is 11.3 Å². The van der Waals surface area contributed by atoms with Gasteiger partial charge in [-0.1, -0.05) is 23.8 Å². The van der Waals surface area contributed by atoms with E-state index in [1.54, 1.807) is 24.3 Å². The van der Waals surface area contributed by atoms with Crippen molar-refractivity contribution in [2.45, 2.75) is 6.92 Å². The largest absolute Gasteiger partial charge is 0.494 e. The number of carbonyl (C=O) groups is 2. The molecule has 0 aliphatic rings. The molecule has 0 saturated heterocycles. The number of carbonyl (C=O) groups excluding carboxylic acids is 2. The van der Waals surface area contributed by atoms with E-state index in [2.05, 4.69) is 28.7 Å². The van der Waals surface area contributed by atoms with Crippen LogP contribution < -0.4 is 15.0 Å². The Kier molecular flexibility index (Phi) is 8.49. The minimum Gasteiger partial charge on any atom is -0.494 e. The second-order valence-electron chi connectivity index (χ2n) is 6.09. The Bertz CT molecular complexity index is 1080. The molecule has 0 atom stereocenters. The molecule has 8 nitrogen and oxygen atoms in total. The molecule has 1 aromatic carbocycles. The lowest BCUT2D eigenvalue weighted by atomic mass is 10.2. The summed E-state index contributed by atoms with van der Waals surface area (Å²) in [4.78, 5) is 25.0. The average Bonchev–Trinajstić information content (AvgIpc) is 3.06. The van der Waals surface area contributed by atoms with Crippen molar-refractivity contribution in [3.8, 4) is 11.8 Å². The number of halogens is 1. The van der Waals surface area contributed by atoms with Crippen molar-refractivity contribution in [1.82, 2.24) is 0 Å². The molecule has 0 radical (unpaired) electrons. The van der Waals surface area contributed by atoms with Crippen molar-refractivity contribution < 1.29 is 14.3 Å². The van der Waals surface area contributed by atoms with E-state index in [9.17, 15) is 14.9 Å². The summed E-state index contributed by atoms with van der Waals surface area (Å²) < 4.78 is 5.52. The summed E-state index contributed by atoms with van der Waals surface area (Å²) >= 11 is 6.98. The van der Waals surface area contributed by atoms with Crippen LogP contribution in [0.1, 0.15) is 22.2 Å². The maximum absolute atomic E-state index is 11.8. The maximum atomic E-state index is 11.8. The molecule has 2 rings (SSSR count). The molecule has 0 aliphatic heterocycles. The van der Waals surface area contributed by atoms with Crippen LogP contribution in [-0.4, -0.2) is 32.4 Å². The second-order valence-corrected chi connectivity index (χ2v) is 7.50. The number of hydrogen-bond acceptors (Lipinski definition) is 8. The van der Waals surface area contributed by atoms with Gasteiger partial charge in [0.2, 0.25) is 5.91 Å². The first-order valence-electron chi connectivity index (χ1n) is 8.95. The van der Waals surface area contributed by atoms with E-state index in [-0.39, 0.29) is 26.4 Å². The Hall–Kier alpha value is -3.48. The van der Waals surface area contributed by atoms with Crippen molar-refractivity contribution in [1.29, 1.82) is 5.26 Å². The number of nitrogens with zero attached hydrogens (tertiary/aromatic N) is 4. The number of nitriles is 1. The third-order valence-corrected chi connectivity index (χ3v) is 5.48. The Balaban J connectivity index is 2.61. The quantitative estimate of drug-likeness (QED) is 0.282. The van der Waals surface area contributed by atoms with Crippen LogP contribution in [0.3, 0.4) is 0 Å². The van der Waals surface area contributed by atoms with Gasteiger partial charge in [0.05, 0.1) is 28.4 Å². The van der Waals surface area contributed by atoms with Crippen LogP contribution in [-0.2, 0) is 4.79 Å². The van der Waals surface area contributed by atoms with E-state index in [4.69, 9.17) is 16.3 Å². The fourth-order valence-corrected chi connectivity index (χ4v) is 3.81. The van der Waals surface area contributed by atoms with Crippen LogP contribution >= 0.6 is 22.9 Å². The molecule has 0 aliphatic carbocycles. The molecule has 31 heavy (non-hydrogen) atoms. The third kappa shape index (κ3) is 5.57. The normalized spacial score (nSPS) is 10.4. The molecule has 1 N–H and O–H groups in total. The van der Waals surface area contributed by atoms with E-state index in [1.165, 1.54) is 14.0 Å². The number of ether oxygens (including phenoxy) is 1. The minimum absolute atomic E-state index is 0.0379. The first-order chi connectivity index (χ1) is 14.9. The molecule has 1 aromatic heterocycles. The van der Waals surface area contributed by atoms with E-state index >= 15 is 0 Å². The molecular formula is C21H20ClN5O3S. The standard InChI is InChI=1S/C21H20ClN5O3S/c1-5-7-27(8-6-2)17-9-15(24-13(3)29)16(10-18(17)30-4)25-26-21-14(11-23)20(22)19(12-28)31-21/h5-6,9-10,12H,1-2,7-8H2,3-4H3,(H,24,29). The molecule has 0 fully saturated rings. The molecule has 0 spiro atoms. The first-order valence-corrected chi connectivity index (χ1v) is 10.1. The number of benzene rings is 1. The Morgan fingerprint density at radius 3 is 2.55 bits per heavy atom. The van der Waals surface area contributed by atoms with Gasteiger partial charge >= 0.3 is 0 Å². The number of azo groups is 1. The number of aldehydes is 1. The number of amides is 1. The van der Waals surface area contributed by atoms with Gasteiger partial charge in [0.25, 0.3) is 0 Å². The van der Waals surface area contributed by atoms with Gasteiger partial charge in [0.1, 0.15) is 23.1 Å². The highest BCUT2D eigenvalue weighted by atomic mass is 35.5. The monoisotopic (exact) mass is 457 g/mol. The summed E-state index contributed by atoms with van der Waals surface area (Å²) in [6.45, 7) is 9.96. The highest BCUT2D eigenvalue weighted by molar-refractivity contribution is 7.18. The van der Waals surface area contributed by atoms with E-state index in [1.807, 2.05) is 11.0 Å². The highest BCUT2D eigenvalue weighted by Gasteiger charge is 2.18. The van der Waals surface area contributed by atoms with Crippen LogP contribution in [0.25, 0.3) is 0 Å². The average molecular weight is 458 g/mol. The third-order valence-electron chi connectivity index (χ3n) is 3.97. The summed E-state index contributed by atoms with van der Waals surface area (Å²) in [5.41, 5.74) is 1.45. The topological polar surface area (TPSA) is 107 Å². The Morgan fingerprint density at radius 1 is 1.35 bits per heavy atom. The summed E-state index contributed by atoms with van der Waals surface area (Å²) in [7, 11) is 1.51. The van der Waals surface area contributed by atoms with E-state index < -0.39 is 0 Å². The molecule has 160 valence electrons. The van der Waals surface area contributed by atoms with Crippen molar-refractivity contribution in [3.05, 3.63) is 52.9 Å². The predicted molar refractivity (Wildman–Crippen MR) is 124 cm³/mol. The summed E-state index contributed by atoms with van der Waals surface area (Å²) in [6, 6.07) is 5.25. The molecule has 0 bridgehead atoms. The Labute approximate surface area is 189 Å². The minimum atomic E-state index is -0.299. The van der Waals surface area contributed by atoms with Crippen molar-refractivity contribution in [2.24, 2.45) is 10.2 Å². The zero-order valence-electron chi connectivity index (χ0n) is 17.0. The van der Waals surface area contributed by atoms with Gasteiger partial charge in [0.15, 0.2) is 11.3 Å². The lowest BCUT2D eigenvalue weighted by molar-refractivity contribution is -0.114. The van der Waals surface area contributed by atoms with Crippen molar-refractivity contribution in [2.75, 3.05) is 30.4 Å². The number of methoxy groups -OCH3 is 1. The smallest absolute Gasteiger partial charge is 0.221 e. The van der Waals surface area contributed by atoms with Gasteiger partial charge in [-0.15, -0.1) is 34.7 Å². The molecule has 10 heteroatoms. The molecule has 0 saturated carbocycles. The van der Waals surface area contributed by atoms with Crippen molar-refractivity contribution in [3.63, 3.8) is 0 Å². The number of nitrogens with one attached hydrogen (secondary N) is 1. The van der Waals surface area contributed by atoms with Crippen molar-refractivity contribution >= 4 is 57.2 Å². The molecular weight excluding hydrogens is 438 g/mol. The maximum Gasteiger partial charge on any atom is 0.221 e. The first kappa shape index (κ1) is 23.8. The molecule has 2 aromatic rings. The molecule has 1 heterocycles. The van der Waals surface area contributed by atoms with Gasteiger partial charge in [-0.3, -0.25) is 9.59 Å². The number of hydrogen-bond donors (Lipinski definition) is 1.